The maximum absolute atomic E-state index is 11.8. The summed E-state index contributed by atoms with van der Waals surface area (Å²) >= 11 is 0. The molecule has 0 spiro atoms. The van der Waals surface area contributed by atoms with Crippen molar-refractivity contribution in [3.63, 3.8) is 0 Å². The van der Waals surface area contributed by atoms with E-state index in [9.17, 15) is 8.42 Å². The number of amidine groups is 1. The van der Waals surface area contributed by atoms with Crippen LogP contribution in [0.5, 0.6) is 0 Å². The summed E-state index contributed by atoms with van der Waals surface area (Å²) in [5, 5.41) is 4.06. The number of aliphatic imine (C=N–C) groups is 1. The lowest BCUT2D eigenvalue weighted by Gasteiger charge is -2.00. The summed E-state index contributed by atoms with van der Waals surface area (Å²) < 4.78 is 27.9. The Kier molecular flexibility index (Phi) is 2.83. The molecule has 98 valence electrons. The predicted molar refractivity (Wildman–Crippen MR) is 70.4 cm³/mol. The highest BCUT2D eigenvalue weighted by atomic mass is 32.2. The van der Waals surface area contributed by atoms with Gasteiger partial charge in [-0.15, -0.1) is 0 Å². The minimum atomic E-state index is -3.44. The smallest absolute Gasteiger partial charge is 0.263 e. The van der Waals surface area contributed by atoms with Crippen LogP contribution in [-0.4, -0.2) is 30.6 Å². The number of rotatable bonds is 3. The molecule has 7 heteroatoms. The van der Waals surface area contributed by atoms with Crippen LogP contribution in [0.4, 0.5) is 0 Å². The van der Waals surface area contributed by atoms with E-state index in [2.05, 4.69) is 14.8 Å². The van der Waals surface area contributed by atoms with Gasteiger partial charge in [0, 0.05) is 18.0 Å². The lowest BCUT2D eigenvalue weighted by Crippen LogP contribution is -2.22. The minimum absolute atomic E-state index is 0.285. The van der Waals surface area contributed by atoms with E-state index in [1.807, 2.05) is 12.3 Å². The summed E-state index contributed by atoms with van der Waals surface area (Å²) in [5.74, 6) is 0.405. The van der Waals surface area contributed by atoms with E-state index in [0.717, 1.165) is 0 Å². The van der Waals surface area contributed by atoms with Crippen molar-refractivity contribution < 1.29 is 8.42 Å². The molecule has 1 aliphatic rings. The summed E-state index contributed by atoms with van der Waals surface area (Å²) in [7, 11) is -3.44. The molecule has 0 aliphatic carbocycles. The molecule has 1 aromatic heterocycles. The van der Waals surface area contributed by atoms with Gasteiger partial charge in [-0.2, -0.15) is 5.10 Å². The second kappa shape index (κ2) is 4.51. The molecule has 0 saturated heterocycles. The SMILES string of the molecule is O=S1(=O)NC(=NCCn2cccn2)c2ccccc21. The zero-order valence-electron chi connectivity index (χ0n) is 10.0. The second-order valence-electron chi connectivity index (χ2n) is 4.10. The first-order valence-electron chi connectivity index (χ1n) is 5.81. The monoisotopic (exact) mass is 276 g/mol. The van der Waals surface area contributed by atoms with Gasteiger partial charge in [0.15, 0.2) is 0 Å². The molecule has 0 atom stereocenters. The van der Waals surface area contributed by atoms with Gasteiger partial charge < -0.3 is 0 Å². The van der Waals surface area contributed by atoms with Crippen molar-refractivity contribution in [2.45, 2.75) is 11.4 Å². The molecule has 3 rings (SSSR count). The van der Waals surface area contributed by atoms with Gasteiger partial charge in [-0.25, -0.2) is 8.42 Å². The Labute approximate surface area is 110 Å². The molecular weight excluding hydrogens is 264 g/mol. The lowest BCUT2D eigenvalue weighted by molar-refractivity contribution is 0.594. The van der Waals surface area contributed by atoms with Crippen molar-refractivity contribution in [1.29, 1.82) is 0 Å². The molecule has 6 nitrogen and oxygen atoms in total. The summed E-state index contributed by atoms with van der Waals surface area (Å²) in [4.78, 5) is 4.59. The van der Waals surface area contributed by atoms with E-state index in [1.165, 1.54) is 0 Å². The van der Waals surface area contributed by atoms with Gasteiger partial charge >= 0.3 is 0 Å². The van der Waals surface area contributed by atoms with Crippen LogP contribution >= 0.6 is 0 Å². The van der Waals surface area contributed by atoms with Crippen molar-refractivity contribution in [3.8, 4) is 0 Å². The Hall–Kier alpha value is -2.15. The van der Waals surface area contributed by atoms with E-state index >= 15 is 0 Å². The van der Waals surface area contributed by atoms with Gasteiger partial charge in [-0.1, -0.05) is 12.1 Å². The van der Waals surface area contributed by atoms with Gasteiger partial charge in [0.2, 0.25) is 0 Å². The third-order valence-electron chi connectivity index (χ3n) is 2.82. The number of aromatic nitrogens is 2. The van der Waals surface area contributed by atoms with E-state index in [4.69, 9.17) is 0 Å². The van der Waals surface area contributed by atoms with Crippen LogP contribution in [0.1, 0.15) is 5.56 Å². The highest BCUT2D eigenvalue weighted by molar-refractivity contribution is 7.90. The number of hydrogen-bond donors (Lipinski definition) is 1. The molecule has 19 heavy (non-hydrogen) atoms. The quantitative estimate of drug-likeness (QED) is 0.893. The van der Waals surface area contributed by atoms with Gasteiger partial charge in [0.05, 0.1) is 18.0 Å². The zero-order chi connectivity index (χ0) is 13.3. The van der Waals surface area contributed by atoms with E-state index < -0.39 is 10.0 Å². The Morgan fingerprint density at radius 3 is 2.89 bits per heavy atom. The fourth-order valence-electron chi connectivity index (χ4n) is 1.95. The third kappa shape index (κ3) is 2.24. The Balaban J connectivity index is 1.83. The van der Waals surface area contributed by atoms with Gasteiger partial charge in [-0.3, -0.25) is 14.4 Å². The fourth-order valence-corrected chi connectivity index (χ4v) is 3.20. The van der Waals surface area contributed by atoms with Gasteiger partial charge in [-0.05, 0) is 18.2 Å². The summed E-state index contributed by atoms with van der Waals surface area (Å²) in [6.07, 6.45) is 3.54. The molecule has 1 N–H and O–H groups in total. The number of hydrogen-bond acceptors (Lipinski definition) is 4. The summed E-state index contributed by atoms with van der Waals surface area (Å²) in [6, 6.07) is 8.66. The molecule has 0 bridgehead atoms. The molecule has 1 aliphatic heterocycles. The number of nitrogens with zero attached hydrogens (tertiary/aromatic N) is 3. The second-order valence-corrected chi connectivity index (χ2v) is 5.75. The summed E-state index contributed by atoms with van der Waals surface area (Å²) in [5.41, 5.74) is 0.628. The van der Waals surface area contributed by atoms with Crippen LogP contribution in [-0.2, 0) is 16.6 Å². The standard InChI is InChI=1S/C12H12N4O2S/c17-19(18)11-5-2-1-4-10(11)12(15-19)13-7-9-16-8-3-6-14-16/h1-6,8H,7,9H2,(H,13,15). The number of fused-ring (bicyclic) bond motifs is 1. The Morgan fingerprint density at radius 2 is 2.11 bits per heavy atom. The van der Waals surface area contributed by atoms with Crippen molar-refractivity contribution >= 4 is 15.9 Å². The van der Waals surface area contributed by atoms with Crippen LogP contribution in [0, 0.1) is 0 Å². The molecule has 0 saturated carbocycles. The number of benzene rings is 1. The number of nitrogens with one attached hydrogen (secondary N) is 1. The van der Waals surface area contributed by atoms with Crippen molar-refractivity contribution in [2.75, 3.05) is 6.54 Å². The molecule has 2 heterocycles. The first-order valence-corrected chi connectivity index (χ1v) is 7.29. The van der Waals surface area contributed by atoms with E-state index in [-0.39, 0.29) is 4.90 Å². The molecule has 0 amide bonds. The maximum atomic E-state index is 11.8. The van der Waals surface area contributed by atoms with E-state index in [1.54, 1.807) is 35.1 Å². The van der Waals surface area contributed by atoms with Crippen LogP contribution in [0.2, 0.25) is 0 Å². The first kappa shape index (κ1) is 11.9. The molecule has 0 fully saturated rings. The Bertz CT molecular complexity index is 720. The molecule has 2 aromatic rings. The lowest BCUT2D eigenvalue weighted by atomic mass is 10.2. The molecule has 0 radical (unpaired) electrons. The van der Waals surface area contributed by atoms with Crippen LogP contribution in [0.3, 0.4) is 0 Å². The average molecular weight is 276 g/mol. The number of sulfonamides is 1. The van der Waals surface area contributed by atoms with E-state index in [0.29, 0.717) is 24.5 Å². The van der Waals surface area contributed by atoms with Crippen LogP contribution in [0.15, 0.2) is 52.6 Å². The Morgan fingerprint density at radius 1 is 1.26 bits per heavy atom. The third-order valence-corrected chi connectivity index (χ3v) is 4.22. The fraction of sp³-hybridized carbons (Fsp3) is 0.167. The predicted octanol–water partition coefficient (Wildman–Crippen LogP) is 0.622. The minimum Gasteiger partial charge on any atom is -0.271 e. The van der Waals surface area contributed by atoms with Crippen LogP contribution < -0.4 is 4.72 Å². The first-order chi connectivity index (χ1) is 9.17. The topological polar surface area (TPSA) is 76.3 Å². The van der Waals surface area contributed by atoms with Gasteiger partial charge in [0.25, 0.3) is 10.0 Å². The largest absolute Gasteiger partial charge is 0.271 e. The highest BCUT2D eigenvalue weighted by Crippen LogP contribution is 2.21. The molecule has 1 aromatic carbocycles. The zero-order valence-corrected chi connectivity index (χ0v) is 10.8. The van der Waals surface area contributed by atoms with Crippen molar-refractivity contribution in [3.05, 3.63) is 48.3 Å². The average Bonchev–Trinajstić information content (AvgIpc) is 2.98. The molecular formula is C12H12N4O2S. The highest BCUT2D eigenvalue weighted by Gasteiger charge is 2.29. The van der Waals surface area contributed by atoms with Crippen molar-refractivity contribution in [2.24, 2.45) is 4.99 Å². The van der Waals surface area contributed by atoms with Crippen LogP contribution in [0.25, 0.3) is 0 Å². The normalized spacial score (nSPS) is 18.2. The summed E-state index contributed by atoms with van der Waals surface area (Å²) in [6.45, 7) is 1.08. The molecule has 0 unspecified atom stereocenters. The van der Waals surface area contributed by atoms with Gasteiger partial charge in [0.1, 0.15) is 5.84 Å². The maximum Gasteiger partial charge on any atom is 0.263 e. The van der Waals surface area contributed by atoms with Crippen molar-refractivity contribution in [1.82, 2.24) is 14.5 Å².